The van der Waals surface area contributed by atoms with Crippen LogP contribution in [0.1, 0.15) is 25.3 Å². The van der Waals surface area contributed by atoms with Gasteiger partial charge in [0, 0.05) is 23.5 Å². The summed E-state index contributed by atoms with van der Waals surface area (Å²) in [6, 6.07) is 9.64. The number of hydrogen-bond acceptors (Lipinski definition) is 5. The van der Waals surface area contributed by atoms with Crippen molar-refractivity contribution < 1.29 is 22.7 Å². The maximum absolute atomic E-state index is 13.9. The zero-order valence-electron chi connectivity index (χ0n) is 17.6. The Morgan fingerprint density at radius 3 is 2.79 bits per heavy atom. The van der Waals surface area contributed by atoms with Crippen LogP contribution >= 0.6 is 11.6 Å². The number of anilines is 1. The van der Waals surface area contributed by atoms with Gasteiger partial charge in [-0.1, -0.05) is 23.7 Å². The third-order valence-corrected chi connectivity index (χ3v) is 7.69. The molecule has 172 valence electrons. The second-order valence-corrected chi connectivity index (χ2v) is 9.99. The van der Waals surface area contributed by atoms with Gasteiger partial charge in [0.25, 0.3) is 10.0 Å². The first kappa shape index (κ1) is 23.0. The molecule has 0 saturated heterocycles. The fourth-order valence-corrected chi connectivity index (χ4v) is 5.93. The Morgan fingerprint density at radius 2 is 2.12 bits per heavy atom. The Kier molecular flexibility index (Phi) is 6.27. The van der Waals surface area contributed by atoms with Crippen molar-refractivity contribution in [2.45, 2.75) is 37.2 Å². The van der Waals surface area contributed by atoms with Gasteiger partial charge in [0.05, 0.1) is 12.5 Å². The molecule has 1 unspecified atom stereocenters. The molecule has 1 aromatic carbocycles. The van der Waals surface area contributed by atoms with Gasteiger partial charge in [-0.05, 0) is 66.5 Å². The number of carboxylic acid groups (broad SMARTS) is 1. The van der Waals surface area contributed by atoms with Crippen LogP contribution in [0.25, 0.3) is 0 Å². The number of carboxylic acids is 1. The van der Waals surface area contributed by atoms with Gasteiger partial charge in [0.15, 0.2) is 0 Å². The van der Waals surface area contributed by atoms with Crippen molar-refractivity contribution in [3.63, 3.8) is 0 Å². The Hall–Kier alpha value is -3.17. The number of allylic oxidation sites excluding steroid dienone is 3. The van der Waals surface area contributed by atoms with Crippen LogP contribution in [-0.4, -0.2) is 34.8 Å². The van der Waals surface area contributed by atoms with Crippen molar-refractivity contribution in [1.82, 2.24) is 9.29 Å². The van der Waals surface area contributed by atoms with Crippen LogP contribution in [-0.2, 0) is 21.4 Å². The van der Waals surface area contributed by atoms with Gasteiger partial charge < -0.3 is 10.4 Å². The second kappa shape index (κ2) is 8.99. The fourth-order valence-electron chi connectivity index (χ4n) is 4.06. The normalized spacial score (nSPS) is 18.0. The molecule has 2 aliphatic rings. The molecular formula is C23H21ClFN3O4S. The van der Waals surface area contributed by atoms with Crippen molar-refractivity contribution in [1.29, 1.82) is 0 Å². The summed E-state index contributed by atoms with van der Waals surface area (Å²) < 4.78 is 42.0. The van der Waals surface area contributed by atoms with Crippen molar-refractivity contribution >= 4 is 33.4 Å². The molecule has 1 aliphatic heterocycles. The van der Waals surface area contributed by atoms with E-state index in [1.807, 2.05) is 18.2 Å². The highest BCUT2D eigenvalue weighted by Gasteiger charge is 2.42. The minimum Gasteiger partial charge on any atom is -0.481 e. The molecule has 10 heteroatoms. The van der Waals surface area contributed by atoms with Gasteiger partial charge in [-0.3, -0.25) is 9.10 Å². The van der Waals surface area contributed by atoms with Gasteiger partial charge in [-0.2, -0.15) is 0 Å². The minimum absolute atomic E-state index is 0.0406. The van der Waals surface area contributed by atoms with E-state index in [1.54, 1.807) is 19.1 Å². The predicted molar refractivity (Wildman–Crippen MR) is 123 cm³/mol. The van der Waals surface area contributed by atoms with Crippen LogP contribution in [0.15, 0.2) is 82.3 Å². The Bertz CT molecular complexity index is 1300. The van der Waals surface area contributed by atoms with E-state index >= 15 is 0 Å². The van der Waals surface area contributed by atoms with Crippen molar-refractivity contribution in [2.75, 3.05) is 5.32 Å². The van der Waals surface area contributed by atoms with Crippen LogP contribution in [0.2, 0.25) is 5.02 Å². The maximum Gasteiger partial charge on any atom is 0.307 e. The van der Waals surface area contributed by atoms with Crippen molar-refractivity contribution in [3.8, 4) is 0 Å². The van der Waals surface area contributed by atoms with Crippen LogP contribution in [0.5, 0.6) is 0 Å². The number of hydrogen-bond donors (Lipinski definition) is 2. The molecule has 1 aliphatic carbocycles. The molecule has 2 N–H and O–H groups in total. The average molecular weight is 490 g/mol. The molecule has 0 saturated carbocycles. The Morgan fingerprint density at radius 1 is 1.33 bits per heavy atom. The van der Waals surface area contributed by atoms with Gasteiger partial charge in [0.2, 0.25) is 0 Å². The number of rotatable bonds is 7. The van der Waals surface area contributed by atoms with E-state index in [1.165, 1.54) is 28.7 Å². The number of nitrogens with one attached hydrogen (secondary N) is 1. The summed E-state index contributed by atoms with van der Waals surface area (Å²) >= 11 is 5.99. The van der Waals surface area contributed by atoms with Gasteiger partial charge in [-0.25, -0.2) is 17.8 Å². The number of benzene rings is 1. The molecule has 33 heavy (non-hydrogen) atoms. The topological polar surface area (TPSA) is 99.6 Å². The molecule has 1 atom stereocenters. The fraction of sp³-hybridized carbons (Fsp3) is 0.217. The maximum atomic E-state index is 13.9. The van der Waals surface area contributed by atoms with Gasteiger partial charge in [0.1, 0.15) is 16.5 Å². The summed E-state index contributed by atoms with van der Waals surface area (Å²) in [4.78, 5) is 15.5. The number of pyridine rings is 1. The molecule has 0 radical (unpaired) electrons. The first-order valence-corrected chi connectivity index (χ1v) is 12.0. The summed E-state index contributed by atoms with van der Waals surface area (Å²) in [5.74, 6) is -1.14. The number of halogens is 2. The SMILES string of the molecule is CC1=C(CC(=O)O)C2=CC(F)=CCC2N1S(=O)(=O)c1ccc(NCc2cccc(Cl)c2)nc1. The minimum atomic E-state index is -4.05. The van der Waals surface area contributed by atoms with Crippen molar-refractivity contribution in [2.24, 2.45) is 0 Å². The summed E-state index contributed by atoms with van der Waals surface area (Å²) in [6.07, 6.45) is 3.49. The lowest BCUT2D eigenvalue weighted by atomic mass is 9.93. The molecule has 2 aromatic rings. The number of aliphatic carboxylic acids is 1. The van der Waals surface area contributed by atoms with Gasteiger partial charge >= 0.3 is 5.97 Å². The summed E-state index contributed by atoms with van der Waals surface area (Å²) in [7, 11) is -4.05. The molecule has 2 heterocycles. The zero-order chi connectivity index (χ0) is 23.8. The lowest BCUT2D eigenvalue weighted by Crippen LogP contribution is -2.36. The van der Waals surface area contributed by atoms with E-state index in [2.05, 4.69) is 10.3 Å². The third kappa shape index (κ3) is 4.65. The van der Waals surface area contributed by atoms with E-state index in [9.17, 15) is 22.7 Å². The molecule has 4 rings (SSSR count). The summed E-state index contributed by atoms with van der Waals surface area (Å²) in [5.41, 5.74) is 1.92. The lowest BCUT2D eigenvalue weighted by molar-refractivity contribution is -0.136. The number of nitrogens with zero attached hydrogens (tertiary/aromatic N) is 2. The van der Waals surface area contributed by atoms with E-state index in [-0.39, 0.29) is 17.0 Å². The number of fused-ring (bicyclic) bond motifs is 1. The number of sulfonamides is 1. The lowest BCUT2D eigenvalue weighted by Gasteiger charge is -2.29. The highest BCUT2D eigenvalue weighted by atomic mass is 35.5. The molecular weight excluding hydrogens is 469 g/mol. The van der Waals surface area contributed by atoms with Crippen LogP contribution < -0.4 is 5.32 Å². The molecule has 7 nitrogen and oxygen atoms in total. The third-order valence-electron chi connectivity index (χ3n) is 5.57. The Labute approximate surface area is 196 Å². The van der Waals surface area contributed by atoms with E-state index in [0.29, 0.717) is 28.5 Å². The zero-order valence-corrected chi connectivity index (χ0v) is 19.2. The highest BCUT2D eigenvalue weighted by molar-refractivity contribution is 7.89. The van der Waals surface area contributed by atoms with Crippen LogP contribution in [0.4, 0.5) is 10.2 Å². The van der Waals surface area contributed by atoms with Gasteiger partial charge in [-0.15, -0.1) is 0 Å². The molecule has 0 amide bonds. The quantitative estimate of drug-likeness (QED) is 0.587. The highest BCUT2D eigenvalue weighted by Crippen LogP contribution is 2.43. The largest absolute Gasteiger partial charge is 0.481 e. The van der Waals surface area contributed by atoms with E-state index < -0.39 is 34.3 Å². The van der Waals surface area contributed by atoms with E-state index in [4.69, 9.17) is 11.6 Å². The molecule has 0 spiro atoms. The summed E-state index contributed by atoms with van der Waals surface area (Å²) in [5, 5.41) is 13.0. The van der Waals surface area contributed by atoms with Crippen molar-refractivity contribution in [3.05, 3.63) is 88.0 Å². The first-order valence-electron chi connectivity index (χ1n) is 10.1. The number of aromatic nitrogens is 1. The Balaban J connectivity index is 1.59. The van der Waals surface area contributed by atoms with Crippen LogP contribution in [0, 0.1) is 0 Å². The standard InChI is InChI=1S/C23H21ClFN3O4S/c1-14-19(11-23(29)30)20-10-17(25)5-7-21(20)28(14)33(31,32)18-6-8-22(27-13-18)26-12-15-3-2-4-16(24)9-15/h2-6,8-10,13,21H,7,11-12H2,1H3,(H,26,27)(H,29,30). The molecule has 0 fully saturated rings. The second-order valence-electron chi connectivity index (χ2n) is 7.74. The number of carbonyl (C=O) groups is 1. The smallest absolute Gasteiger partial charge is 0.307 e. The van der Waals surface area contributed by atoms with Crippen LogP contribution in [0.3, 0.4) is 0 Å². The van der Waals surface area contributed by atoms with E-state index in [0.717, 1.165) is 5.56 Å². The monoisotopic (exact) mass is 489 g/mol. The first-order chi connectivity index (χ1) is 15.7. The summed E-state index contributed by atoms with van der Waals surface area (Å²) in [6.45, 7) is 2.00. The molecule has 1 aromatic heterocycles. The predicted octanol–water partition coefficient (Wildman–Crippen LogP) is 4.65. The average Bonchev–Trinajstić information content (AvgIpc) is 3.03. The molecule has 0 bridgehead atoms.